The van der Waals surface area contributed by atoms with Gasteiger partial charge < -0.3 is 19.4 Å². The Labute approximate surface area is 163 Å². The minimum absolute atomic E-state index is 0.0329. The highest BCUT2D eigenvalue weighted by molar-refractivity contribution is 5.98. The van der Waals surface area contributed by atoms with Gasteiger partial charge in [-0.3, -0.25) is 9.78 Å². The van der Waals surface area contributed by atoms with Crippen molar-refractivity contribution in [2.75, 3.05) is 26.3 Å². The number of H-pyrrole nitrogens is 1. The quantitative estimate of drug-likeness (QED) is 0.742. The Morgan fingerprint density at radius 2 is 2.11 bits per heavy atom. The number of carbonyl (C=O) groups is 1. The monoisotopic (exact) mass is 377 g/mol. The fourth-order valence-corrected chi connectivity index (χ4v) is 4.26. The van der Waals surface area contributed by atoms with Crippen molar-refractivity contribution in [2.45, 2.75) is 18.6 Å². The molecule has 0 saturated carbocycles. The summed E-state index contributed by atoms with van der Waals surface area (Å²) >= 11 is 0. The van der Waals surface area contributed by atoms with Crippen LogP contribution in [-0.4, -0.2) is 52.7 Å². The molecule has 1 N–H and O–H groups in total. The van der Waals surface area contributed by atoms with Crippen LogP contribution in [0.15, 0.2) is 54.7 Å². The van der Waals surface area contributed by atoms with Crippen LogP contribution in [0.25, 0.3) is 10.9 Å². The zero-order valence-corrected chi connectivity index (χ0v) is 15.6. The number of amides is 1. The van der Waals surface area contributed by atoms with Gasteiger partial charge in [0.25, 0.3) is 5.91 Å². The average molecular weight is 377 g/mol. The fourth-order valence-electron chi connectivity index (χ4n) is 4.26. The first-order valence-electron chi connectivity index (χ1n) is 9.72. The molecule has 6 nitrogen and oxygen atoms in total. The summed E-state index contributed by atoms with van der Waals surface area (Å²) in [6.45, 7) is 3.11. The molecular weight excluding hydrogens is 354 g/mol. The molecule has 0 unspecified atom stereocenters. The van der Waals surface area contributed by atoms with Crippen molar-refractivity contribution in [2.24, 2.45) is 5.92 Å². The van der Waals surface area contributed by atoms with E-state index in [1.807, 2.05) is 53.4 Å². The smallest absolute Gasteiger partial charge is 0.270 e. The minimum atomic E-state index is -0.258. The van der Waals surface area contributed by atoms with Crippen LogP contribution in [0.1, 0.15) is 22.6 Å². The number of carbonyl (C=O) groups excluding carboxylic acids is 1. The molecule has 1 atom stereocenters. The second-order valence-electron chi connectivity index (χ2n) is 7.67. The number of benzene rings is 1. The molecule has 2 aliphatic rings. The zero-order chi connectivity index (χ0) is 19.0. The Kier molecular flexibility index (Phi) is 4.37. The van der Waals surface area contributed by atoms with E-state index in [2.05, 4.69) is 9.97 Å². The highest BCUT2D eigenvalue weighted by Crippen LogP contribution is 2.40. The molecule has 0 radical (unpaired) electrons. The lowest BCUT2D eigenvalue weighted by Gasteiger charge is -2.50. The van der Waals surface area contributed by atoms with E-state index in [4.69, 9.17) is 9.47 Å². The maximum absolute atomic E-state index is 12.8. The van der Waals surface area contributed by atoms with Crippen molar-refractivity contribution in [3.05, 3.63) is 66.1 Å². The van der Waals surface area contributed by atoms with Gasteiger partial charge >= 0.3 is 0 Å². The van der Waals surface area contributed by atoms with Crippen molar-refractivity contribution < 1.29 is 14.3 Å². The number of nitrogens with one attached hydrogen (secondary N) is 1. The summed E-state index contributed by atoms with van der Waals surface area (Å²) in [5, 5.41) is 1.05. The summed E-state index contributed by atoms with van der Waals surface area (Å²) < 4.78 is 12.0. The Balaban J connectivity index is 1.19. The summed E-state index contributed by atoms with van der Waals surface area (Å²) in [6.07, 6.45) is 2.74. The van der Waals surface area contributed by atoms with Gasteiger partial charge in [-0.1, -0.05) is 24.3 Å². The second-order valence-corrected chi connectivity index (χ2v) is 7.67. The predicted octanol–water partition coefficient (Wildman–Crippen LogP) is 3.01. The number of ether oxygens (including phenoxy) is 2. The van der Waals surface area contributed by atoms with E-state index in [0.29, 0.717) is 37.9 Å². The molecule has 1 aromatic carbocycles. The third kappa shape index (κ3) is 3.08. The van der Waals surface area contributed by atoms with Gasteiger partial charge in [-0.05, 0) is 30.7 Å². The summed E-state index contributed by atoms with van der Waals surface area (Å²) in [7, 11) is 0. The van der Waals surface area contributed by atoms with Gasteiger partial charge in [-0.25, -0.2) is 0 Å². The Morgan fingerprint density at radius 3 is 2.93 bits per heavy atom. The molecule has 2 aromatic heterocycles. The van der Waals surface area contributed by atoms with Gasteiger partial charge in [0, 0.05) is 29.6 Å². The maximum atomic E-state index is 12.8. The number of hydrogen-bond acceptors (Lipinski definition) is 4. The number of rotatable bonds is 5. The van der Waals surface area contributed by atoms with Gasteiger partial charge in [0.2, 0.25) is 0 Å². The number of likely N-dealkylation sites (tertiary alicyclic amines) is 1. The van der Waals surface area contributed by atoms with Gasteiger partial charge in [0.05, 0.1) is 32.0 Å². The molecule has 4 heterocycles. The number of hydrogen-bond donors (Lipinski definition) is 1. The lowest BCUT2D eigenvalue weighted by Crippen LogP contribution is -2.66. The third-order valence-electron chi connectivity index (χ3n) is 5.86. The van der Waals surface area contributed by atoms with Crippen LogP contribution >= 0.6 is 0 Å². The summed E-state index contributed by atoms with van der Waals surface area (Å²) in [5.74, 6) is 0.341. The van der Waals surface area contributed by atoms with Crippen molar-refractivity contribution in [3.8, 4) is 0 Å². The van der Waals surface area contributed by atoms with E-state index in [9.17, 15) is 4.79 Å². The van der Waals surface area contributed by atoms with Gasteiger partial charge in [-0.15, -0.1) is 0 Å². The van der Waals surface area contributed by atoms with Gasteiger partial charge in [-0.2, -0.15) is 0 Å². The standard InChI is InChI=1S/C22H23N3O3/c26-21(20-11-16-5-1-2-7-19(16)24-20)25-14-22(15-25)17(8-10-28-22)12-27-13-18-6-3-4-9-23-18/h1-7,9,11,17,24H,8,10,12-15H2/t17-/m0/s1. The number of fused-ring (bicyclic) bond motifs is 1. The number of para-hydroxylation sites is 1. The van der Waals surface area contributed by atoms with E-state index in [1.54, 1.807) is 6.20 Å². The van der Waals surface area contributed by atoms with E-state index in [1.165, 1.54) is 0 Å². The summed E-state index contributed by atoms with van der Waals surface area (Å²) in [4.78, 5) is 22.2. The Morgan fingerprint density at radius 1 is 1.25 bits per heavy atom. The summed E-state index contributed by atoms with van der Waals surface area (Å²) in [5.41, 5.74) is 2.29. The van der Waals surface area contributed by atoms with E-state index in [0.717, 1.165) is 29.6 Å². The first-order valence-corrected chi connectivity index (χ1v) is 9.72. The second kappa shape index (κ2) is 7.04. The van der Waals surface area contributed by atoms with E-state index in [-0.39, 0.29) is 11.5 Å². The van der Waals surface area contributed by atoms with Gasteiger partial charge in [0.15, 0.2) is 0 Å². The maximum Gasteiger partial charge on any atom is 0.270 e. The van der Waals surface area contributed by atoms with Crippen LogP contribution in [0.4, 0.5) is 0 Å². The summed E-state index contributed by atoms with van der Waals surface area (Å²) in [6, 6.07) is 15.7. The lowest BCUT2D eigenvalue weighted by atomic mass is 9.81. The minimum Gasteiger partial charge on any atom is -0.375 e. The molecule has 5 rings (SSSR count). The van der Waals surface area contributed by atoms with Crippen LogP contribution in [0, 0.1) is 5.92 Å². The molecule has 28 heavy (non-hydrogen) atoms. The lowest BCUT2D eigenvalue weighted by molar-refractivity contribution is -0.129. The predicted molar refractivity (Wildman–Crippen MR) is 105 cm³/mol. The van der Waals surface area contributed by atoms with Crippen molar-refractivity contribution in [1.82, 2.24) is 14.9 Å². The van der Waals surface area contributed by atoms with Crippen molar-refractivity contribution >= 4 is 16.8 Å². The molecule has 2 saturated heterocycles. The number of pyridine rings is 1. The number of nitrogens with zero attached hydrogens (tertiary/aromatic N) is 2. The van der Waals surface area contributed by atoms with Crippen LogP contribution in [0.2, 0.25) is 0 Å². The molecular formula is C22H23N3O3. The number of aromatic nitrogens is 2. The first-order chi connectivity index (χ1) is 13.7. The Hall–Kier alpha value is -2.70. The first kappa shape index (κ1) is 17.4. The molecule has 6 heteroatoms. The molecule has 144 valence electrons. The topological polar surface area (TPSA) is 67.5 Å². The van der Waals surface area contributed by atoms with Gasteiger partial charge in [0.1, 0.15) is 11.3 Å². The molecule has 3 aromatic rings. The third-order valence-corrected chi connectivity index (χ3v) is 5.86. The Bertz CT molecular complexity index is 946. The highest BCUT2D eigenvalue weighted by Gasteiger charge is 2.54. The van der Waals surface area contributed by atoms with E-state index >= 15 is 0 Å². The largest absolute Gasteiger partial charge is 0.375 e. The fraction of sp³-hybridized carbons (Fsp3) is 0.364. The molecule has 2 aliphatic heterocycles. The van der Waals surface area contributed by atoms with Crippen molar-refractivity contribution in [1.29, 1.82) is 0 Å². The van der Waals surface area contributed by atoms with Crippen LogP contribution in [0.3, 0.4) is 0 Å². The zero-order valence-electron chi connectivity index (χ0n) is 15.6. The van der Waals surface area contributed by atoms with Crippen LogP contribution in [0.5, 0.6) is 0 Å². The highest BCUT2D eigenvalue weighted by atomic mass is 16.5. The average Bonchev–Trinajstić information content (AvgIpc) is 3.31. The number of aromatic amines is 1. The molecule has 0 aliphatic carbocycles. The molecule has 1 spiro atoms. The SMILES string of the molecule is O=C(c1cc2ccccc2[nH]1)N1CC2(C1)OCC[C@H]2COCc1ccccn1. The molecule has 0 bridgehead atoms. The molecule has 1 amide bonds. The molecule has 2 fully saturated rings. The van der Waals surface area contributed by atoms with Crippen LogP contribution < -0.4 is 0 Å². The normalized spacial score (nSPS) is 20.6. The van der Waals surface area contributed by atoms with Crippen molar-refractivity contribution in [3.63, 3.8) is 0 Å². The van der Waals surface area contributed by atoms with E-state index < -0.39 is 0 Å². The van der Waals surface area contributed by atoms with Crippen LogP contribution in [-0.2, 0) is 16.1 Å².